The van der Waals surface area contributed by atoms with Crippen LogP contribution in [0.1, 0.15) is 24.1 Å². The van der Waals surface area contributed by atoms with Gasteiger partial charge in [-0.1, -0.05) is 23.8 Å². The molecule has 27 heavy (non-hydrogen) atoms. The maximum atomic E-state index is 12.8. The van der Waals surface area contributed by atoms with Crippen molar-refractivity contribution in [1.29, 1.82) is 0 Å². The summed E-state index contributed by atoms with van der Waals surface area (Å²) in [6, 6.07) is 13.2. The molecule has 144 valence electrons. The Morgan fingerprint density at radius 3 is 2.30 bits per heavy atom. The third-order valence-corrected chi connectivity index (χ3v) is 7.27. The van der Waals surface area contributed by atoms with Gasteiger partial charge in [-0.2, -0.15) is 4.31 Å². The highest BCUT2D eigenvalue weighted by atomic mass is 32.2. The fourth-order valence-electron chi connectivity index (χ4n) is 3.57. The molecule has 2 heterocycles. The second-order valence-corrected chi connectivity index (χ2v) is 8.98. The van der Waals surface area contributed by atoms with Crippen LogP contribution in [0.5, 0.6) is 11.5 Å². The van der Waals surface area contributed by atoms with E-state index in [4.69, 9.17) is 9.47 Å². The number of piperazine rings is 1. The second-order valence-electron chi connectivity index (χ2n) is 7.04. The highest BCUT2D eigenvalue weighted by molar-refractivity contribution is 7.89. The van der Waals surface area contributed by atoms with Crippen LogP contribution in [0, 0.1) is 6.92 Å². The summed E-state index contributed by atoms with van der Waals surface area (Å²) in [6.07, 6.45) is 0. The lowest BCUT2D eigenvalue weighted by Crippen LogP contribution is -2.49. The van der Waals surface area contributed by atoms with Gasteiger partial charge in [0.25, 0.3) is 0 Å². The van der Waals surface area contributed by atoms with Crippen molar-refractivity contribution in [1.82, 2.24) is 9.21 Å². The van der Waals surface area contributed by atoms with Crippen LogP contribution in [0.2, 0.25) is 0 Å². The minimum atomic E-state index is -3.43. The van der Waals surface area contributed by atoms with Crippen LogP contribution < -0.4 is 9.47 Å². The van der Waals surface area contributed by atoms with Gasteiger partial charge in [-0.15, -0.1) is 0 Å². The van der Waals surface area contributed by atoms with Gasteiger partial charge in [-0.3, -0.25) is 4.90 Å². The first kappa shape index (κ1) is 18.3. The minimum Gasteiger partial charge on any atom is -0.454 e. The fourth-order valence-corrected chi connectivity index (χ4v) is 5.00. The van der Waals surface area contributed by atoms with Crippen LogP contribution in [-0.4, -0.2) is 50.6 Å². The summed E-state index contributed by atoms with van der Waals surface area (Å²) in [5.41, 5.74) is 2.20. The molecule has 2 aliphatic heterocycles. The van der Waals surface area contributed by atoms with Crippen molar-refractivity contribution in [3.05, 3.63) is 53.6 Å². The van der Waals surface area contributed by atoms with E-state index in [1.165, 1.54) is 0 Å². The summed E-state index contributed by atoms with van der Waals surface area (Å²) in [7, 11) is -3.43. The van der Waals surface area contributed by atoms with Crippen LogP contribution in [0.15, 0.2) is 47.4 Å². The molecular formula is C20H24N2O4S. The molecule has 1 fully saturated rings. The van der Waals surface area contributed by atoms with Gasteiger partial charge in [0.2, 0.25) is 16.8 Å². The Morgan fingerprint density at radius 2 is 1.59 bits per heavy atom. The fraction of sp³-hybridized carbons (Fsp3) is 0.400. The molecule has 1 saturated heterocycles. The number of rotatable bonds is 4. The van der Waals surface area contributed by atoms with Crippen molar-refractivity contribution in [3.8, 4) is 11.5 Å². The van der Waals surface area contributed by atoms with Gasteiger partial charge in [0.1, 0.15) is 0 Å². The number of aryl methyl sites for hydroxylation is 1. The monoisotopic (exact) mass is 388 g/mol. The molecule has 0 saturated carbocycles. The van der Waals surface area contributed by atoms with E-state index < -0.39 is 10.0 Å². The Kier molecular flexibility index (Phi) is 4.84. The lowest BCUT2D eigenvalue weighted by Gasteiger charge is -2.37. The van der Waals surface area contributed by atoms with Crippen LogP contribution in [0.3, 0.4) is 0 Å². The SMILES string of the molecule is Cc1ccc(S(=O)(=O)N2CCN([C@H](C)c3ccc4c(c3)OCO4)CC2)cc1. The summed E-state index contributed by atoms with van der Waals surface area (Å²) in [6.45, 7) is 6.73. The van der Waals surface area contributed by atoms with E-state index in [1.54, 1.807) is 16.4 Å². The molecular weight excluding hydrogens is 364 g/mol. The van der Waals surface area contributed by atoms with Crippen molar-refractivity contribution in [2.45, 2.75) is 24.8 Å². The third-order valence-electron chi connectivity index (χ3n) is 5.36. The molecule has 0 aromatic heterocycles. The van der Waals surface area contributed by atoms with E-state index in [2.05, 4.69) is 11.8 Å². The molecule has 0 unspecified atom stereocenters. The number of benzene rings is 2. The van der Waals surface area contributed by atoms with Gasteiger partial charge in [-0.05, 0) is 43.7 Å². The molecule has 7 heteroatoms. The first-order valence-electron chi connectivity index (χ1n) is 9.15. The van der Waals surface area contributed by atoms with E-state index in [0.717, 1.165) is 22.6 Å². The van der Waals surface area contributed by atoms with Gasteiger partial charge in [-0.25, -0.2) is 8.42 Å². The highest BCUT2D eigenvalue weighted by Gasteiger charge is 2.30. The Balaban J connectivity index is 1.43. The molecule has 2 aliphatic rings. The summed E-state index contributed by atoms with van der Waals surface area (Å²) in [4.78, 5) is 2.67. The number of ether oxygens (including phenoxy) is 2. The quantitative estimate of drug-likeness (QED) is 0.806. The minimum absolute atomic E-state index is 0.184. The van der Waals surface area contributed by atoms with Gasteiger partial charge in [0.15, 0.2) is 11.5 Å². The van der Waals surface area contributed by atoms with Gasteiger partial charge in [0, 0.05) is 32.2 Å². The molecule has 2 aromatic carbocycles. The maximum Gasteiger partial charge on any atom is 0.243 e. The zero-order valence-electron chi connectivity index (χ0n) is 15.6. The Morgan fingerprint density at radius 1 is 0.926 bits per heavy atom. The smallest absolute Gasteiger partial charge is 0.243 e. The topological polar surface area (TPSA) is 59.1 Å². The van der Waals surface area contributed by atoms with Gasteiger partial charge >= 0.3 is 0 Å². The van der Waals surface area contributed by atoms with E-state index in [1.807, 2.05) is 37.3 Å². The number of hydrogen-bond donors (Lipinski definition) is 0. The number of hydrogen-bond acceptors (Lipinski definition) is 5. The number of sulfonamides is 1. The molecule has 0 radical (unpaired) electrons. The summed E-state index contributed by atoms with van der Waals surface area (Å²) in [5.74, 6) is 1.56. The normalized spacial score (nSPS) is 19.2. The van der Waals surface area contributed by atoms with Crippen molar-refractivity contribution < 1.29 is 17.9 Å². The predicted octanol–water partition coefficient (Wildman–Crippen LogP) is 2.79. The standard InChI is InChI=1S/C20H24N2O4S/c1-15-3-6-18(7-4-15)27(23,24)22-11-9-21(10-12-22)16(2)17-5-8-19-20(13-17)26-14-25-19/h3-8,13,16H,9-12,14H2,1-2H3/t16-/m1/s1. The first-order chi connectivity index (χ1) is 12.9. The molecule has 4 rings (SSSR count). The zero-order chi connectivity index (χ0) is 19.0. The Labute approximate surface area is 160 Å². The molecule has 1 atom stereocenters. The van der Waals surface area contributed by atoms with E-state index >= 15 is 0 Å². The summed E-state index contributed by atoms with van der Waals surface area (Å²) >= 11 is 0. The van der Waals surface area contributed by atoms with Gasteiger partial charge in [0.05, 0.1) is 4.90 Å². The van der Waals surface area contributed by atoms with E-state index in [0.29, 0.717) is 31.1 Å². The largest absolute Gasteiger partial charge is 0.454 e. The molecule has 0 bridgehead atoms. The predicted molar refractivity (Wildman–Crippen MR) is 102 cm³/mol. The van der Waals surface area contributed by atoms with Gasteiger partial charge < -0.3 is 9.47 Å². The summed E-state index contributed by atoms with van der Waals surface area (Å²) < 4.78 is 38.1. The molecule has 0 aliphatic carbocycles. The lowest BCUT2D eigenvalue weighted by molar-refractivity contribution is 0.145. The lowest BCUT2D eigenvalue weighted by atomic mass is 10.1. The molecule has 0 spiro atoms. The van der Waals surface area contributed by atoms with E-state index in [9.17, 15) is 8.42 Å². The van der Waals surface area contributed by atoms with Crippen molar-refractivity contribution >= 4 is 10.0 Å². The molecule has 2 aromatic rings. The first-order valence-corrected chi connectivity index (χ1v) is 10.6. The van der Waals surface area contributed by atoms with Crippen molar-refractivity contribution in [3.63, 3.8) is 0 Å². The number of nitrogens with zero attached hydrogens (tertiary/aromatic N) is 2. The second kappa shape index (κ2) is 7.14. The molecule has 0 N–H and O–H groups in total. The van der Waals surface area contributed by atoms with E-state index in [-0.39, 0.29) is 12.8 Å². The van der Waals surface area contributed by atoms with Crippen LogP contribution in [0.25, 0.3) is 0 Å². The van der Waals surface area contributed by atoms with Crippen LogP contribution in [0.4, 0.5) is 0 Å². The average Bonchev–Trinajstić information content (AvgIpc) is 3.15. The summed E-state index contributed by atoms with van der Waals surface area (Å²) in [5, 5.41) is 0. The van der Waals surface area contributed by atoms with Crippen molar-refractivity contribution in [2.24, 2.45) is 0 Å². The molecule has 6 nitrogen and oxygen atoms in total. The maximum absolute atomic E-state index is 12.8. The zero-order valence-corrected chi connectivity index (χ0v) is 16.4. The third kappa shape index (κ3) is 3.54. The average molecular weight is 388 g/mol. The molecule has 0 amide bonds. The Bertz CT molecular complexity index is 919. The van der Waals surface area contributed by atoms with Crippen molar-refractivity contribution in [2.75, 3.05) is 33.0 Å². The van der Waals surface area contributed by atoms with Crippen LogP contribution in [-0.2, 0) is 10.0 Å². The Hall–Kier alpha value is -2.09. The van der Waals surface area contributed by atoms with Crippen LogP contribution >= 0.6 is 0 Å². The number of fused-ring (bicyclic) bond motifs is 1. The highest BCUT2D eigenvalue weighted by Crippen LogP contribution is 2.35.